The molecule has 1 heterocycles. The van der Waals surface area contributed by atoms with Gasteiger partial charge in [0.05, 0.1) is 6.61 Å². The van der Waals surface area contributed by atoms with E-state index in [0.29, 0.717) is 6.61 Å². The fourth-order valence-electron chi connectivity index (χ4n) is 1.91. The maximum Gasteiger partial charge on any atom is 0.303 e. The second-order valence-corrected chi connectivity index (χ2v) is 4.59. The molecule has 0 aromatic rings. The van der Waals surface area contributed by atoms with Crippen molar-refractivity contribution in [2.24, 2.45) is 0 Å². The molecular formula is C14H24O4. The lowest BCUT2D eigenvalue weighted by atomic mass is 10.1. The Balaban J connectivity index is 1.86. The predicted octanol–water partition coefficient (Wildman–Crippen LogP) is 3.12. The fraction of sp³-hybridized carbons (Fsp3) is 0.786. The van der Waals surface area contributed by atoms with Gasteiger partial charge >= 0.3 is 5.97 Å². The molecule has 1 atom stereocenters. The molecule has 0 amide bonds. The molecule has 0 radical (unpaired) electrons. The molecule has 1 aliphatic rings. The summed E-state index contributed by atoms with van der Waals surface area (Å²) in [6.45, 7) is 1.43. The van der Waals surface area contributed by atoms with Crippen LogP contribution in [0.1, 0.15) is 51.4 Å². The van der Waals surface area contributed by atoms with Gasteiger partial charge in [-0.2, -0.15) is 0 Å². The number of carboxylic acid groups (broad SMARTS) is 1. The molecule has 1 rings (SSSR count). The van der Waals surface area contributed by atoms with Crippen molar-refractivity contribution in [3.8, 4) is 0 Å². The highest BCUT2D eigenvalue weighted by Gasteiger charge is 2.12. The van der Waals surface area contributed by atoms with Gasteiger partial charge in [0, 0.05) is 13.0 Å². The third-order valence-electron chi connectivity index (χ3n) is 2.94. The minimum Gasteiger partial charge on any atom is -0.481 e. The first kappa shape index (κ1) is 15.2. The lowest BCUT2D eigenvalue weighted by Gasteiger charge is -2.21. The van der Waals surface area contributed by atoms with Crippen LogP contribution in [-0.2, 0) is 14.3 Å². The fourth-order valence-corrected chi connectivity index (χ4v) is 1.91. The normalized spacial score (nSPS) is 20.3. The van der Waals surface area contributed by atoms with E-state index in [9.17, 15) is 4.79 Å². The Labute approximate surface area is 109 Å². The number of allylic oxidation sites excluding steroid dienone is 1. The third-order valence-corrected chi connectivity index (χ3v) is 2.94. The van der Waals surface area contributed by atoms with Crippen LogP contribution >= 0.6 is 0 Å². The van der Waals surface area contributed by atoms with Gasteiger partial charge in [-0.05, 0) is 38.5 Å². The van der Waals surface area contributed by atoms with E-state index in [1.807, 2.05) is 6.08 Å². The Morgan fingerprint density at radius 3 is 2.89 bits per heavy atom. The molecule has 104 valence electrons. The topological polar surface area (TPSA) is 55.8 Å². The Hall–Kier alpha value is -0.870. The maximum atomic E-state index is 10.3. The summed E-state index contributed by atoms with van der Waals surface area (Å²) in [6, 6.07) is 0. The Morgan fingerprint density at radius 1 is 1.28 bits per heavy atom. The minimum absolute atomic E-state index is 0.0148. The van der Waals surface area contributed by atoms with Crippen molar-refractivity contribution in [1.82, 2.24) is 0 Å². The van der Waals surface area contributed by atoms with E-state index in [0.717, 1.165) is 45.1 Å². The van der Waals surface area contributed by atoms with Gasteiger partial charge in [0.15, 0.2) is 6.29 Å². The molecule has 1 fully saturated rings. The van der Waals surface area contributed by atoms with Gasteiger partial charge < -0.3 is 14.6 Å². The second kappa shape index (κ2) is 10.1. The number of hydrogen-bond donors (Lipinski definition) is 1. The van der Waals surface area contributed by atoms with Crippen molar-refractivity contribution >= 4 is 5.97 Å². The molecule has 18 heavy (non-hydrogen) atoms. The van der Waals surface area contributed by atoms with Crippen LogP contribution < -0.4 is 0 Å². The van der Waals surface area contributed by atoms with Crippen LogP contribution in [0.2, 0.25) is 0 Å². The van der Waals surface area contributed by atoms with Gasteiger partial charge in [-0.25, -0.2) is 0 Å². The molecule has 1 saturated heterocycles. The van der Waals surface area contributed by atoms with Crippen molar-refractivity contribution in [2.75, 3.05) is 13.2 Å². The minimum atomic E-state index is -0.702. The first-order valence-corrected chi connectivity index (χ1v) is 6.89. The Kier molecular flexibility index (Phi) is 8.51. The SMILES string of the molecule is O=C(O)CCCCC/C=C\CO[C@@H]1CCCCO1. The molecule has 4 heteroatoms. The van der Waals surface area contributed by atoms with Crippen LogP contribution in [0.3, 0.4) is 0 Å². The number of aliphatic carboxylic acids is 1. The Bertz CT molecular complexity index is 244. The number of rotatable bonds is 9. The van der Waals surface area contributed by atoms with Gasteiger partial charge in [-0.15, -0.1) is 0 Å². The molecule has 1 N–H and O–H groups in total. The Morgan fingerprint density at radius 2 is 2.17 bits per heavy atom. The molecule has 0 spiro atoms. The van der Waals surface area contributed by atoms with E-state index < -0.39 is 5.97 Å². The molecule has 1 aliphatic heterocycles. The summed E-state index contributed by atoms with van der Waals surface area (Å²) in [5.41, 5.74) is 0. The summed E-state index contributed by atoms with van der Waals surface area (Å²) in [4.78, 5) is 10.3. The molecule has 0 bridgehead atoms. The van der Waals surface area contributed by atoms with E-state index in [-0.39, 0.29) is 12.7 Å². The van der Waals surface area contributed by atoms with Crippen LogP contribution in [0.15, 0.2) is 12.2 Å². The summed E-state index contributed by atoms with van der Waals surface area (Å²) < 4.78 is 11.0. The number of carboxylic acids is 1. The van der Waals surface area contributed by atoms with Crippen molar-refractivity contribution in [2.45, 2.75) is 57.7 Å². The first-order valence-electron chi connectivity index (χ1n) is 6.89. The molecule has 4 nitrogen and oxygen atoms in total. The van der Waals surface area contributed by atoms with E-state index >= 15 is 0 Å². The highest BCUT2D eigenvalue weighted by Crippen LogP contribution is 2.13. The van der Waals surface area contributed by atoms with Crippen LogP contribution in [0.25, 0.3) is 0 Å². The van der Waals surface area contributed by atoms with Crippen molar-refractivity contribution in [3.05, 3.63) is 12.2 Å². The van der Waals surface area contributed by atoms with Crippen molar-refractivity contribution < 1.29 is 19.4 Å². The molecule has 0 aromatic carbocycles. The summed E-state index contributed by atoms with van der Waals surface area (Å²) in [6.07, 6.45) is 11.5. The van der Waals surface area contributed by atoms with Gasteiger partial charge in [0.1, 0.15) is 0 Å². The highest BCUT2D eigenvalue weighted by atomic mass is 16.7. The summed E-state index contributed by atoms with van der Waals surface area (Å²) in [7, 11) is 0. The lowest BCUT2D eigenvalue weighted by molar-refractivity contribution is -0.155. The smallest absolute Gasteiger partial charge is 0.303 e. The number of hydrogen-bond acceptors (Lipinski definition) is 3. The maximum absolute atomic E-state index is 10.3. The van der Waals surface area contributed by atoms with Crippen molar-refractivity contribution in [3.63, 3.8) is 0 Å². The molecule has 0 aromatic heterocycles. The predicted molar refractivity (Wildman–Crippen MR) is 69.4 cm³/mol. The number of ether oxygens (including phenoxy) is 2. The first-order chi connectivity index (χ1) is 8.79. The molecular weight excluding hydrogens is 232 g/mol. The summed E-state index contributed by atoms with van der Waals surface area (Å²) in [5, 5.41) is 8.47. The molecule has 0 aliphatic carbocycles. The van der Waals surface area contributed by atoms with Crippen LogP contribution in [0, 0.1) is 0 Å². The van der Waals surface area contributed by atoms with Gasteiger partial charge in [-0.3, -0.25) is 4.79 Å². The van der Waals surface area contributed by atoms with Crippen molar-refractivity contribution in [1.29, 1.82) is 0 Å². The van der Waals surface area contributed by atoms with Gasteiger partial charge in [-0.1, -0.05) is 18.6 Å². The summed E-state index contributed by atoms with van der Waals surface area (Å²) in [5.74, 6) is -0.702. The van der Waals surface area contributed by atoms with Crippen LogP contribution in [-0.4, -0.2) is 30.6 Å². The van der Waals surface area contributed by atoms with Gasteiger partial charge in [0.25, 0.3) is 0 Å². The van der Waals surface area contributed by atoms with E-state index in [1.165, 1.54) is 6.42 Å². The number of unbranched alkanes of at least 4 members (excludes halogenated alkanes) is 3. The standard InChI is InChI=1S/C14H24O4/c15-13(16)9-5-3-1-2-4-7-11-17-14-10-6-8-12-18-14/h4,7,14H,1-3,5-6,8-12H2,(H,15,16)/b7-4-/t14-/m0/s1. The largest absolute Gasteiger partial charge is 0.481 e. The van der Waals surface area contributed by atoms with E-state index in [1.54, 1.807) is 0 Å². The summed E-state index contributed by atoms with van der Waals surface area (Å²) >= 11 is 0. The zero-order valence-electron chi connectivity index (χ0n) is 11.0. The highest BCUT2D eigenvalue weighted by molar-refractivity contribution is 5.66. The average Bonchev–Trinajstić information content (AvgIpc) is 2.37. The third kappa shape index (κ3) is 8.25. The van der Waals surface area contributed by atoms with E-state index in [2.05, 4.69) is 6.08 Å². The van der Waals surface area contributed by atoms with Gasteiger partial charge in [0.2, 0.25) is 0 Å². The second-order valence-electron chi connectivity index (χ2n) is 4.59. The quantitative estimate of drug-likeness (QED) is 0.508. The number of carbonyl (C=O) groups is 1. The van der Waals surface area contributed by atoms with Crippen LogP contribution in [0.5, 0.6) is 0 Å². The average molecular weight is 256 g/mol. The van der Waals surface area contributed by atoms with Crippen LogP contribution in [0.4, 0.5) is 0 Å². The van der Waals surface area contributed by atoms with E-state index in [4.69, 9.17) is 14.6 Å². The molecule has 0 unspecified atom stereocenters. The lowest BCUT2D eigenvalue weighted by Crippen LogP contribution is -2.22. The molecule has 0 saturated carbocycles. The monoisotopic (exact) mass is 256 g/mol. The zero-order valence-corrected chi connectivity index (χ0v) is 11.0. The zero-order chi connectivity index (χ0) is 13.1.